The standard InChI is InChI=1S/C19H11Cl2NO5/c20-12-4-1-10(15(21)8-12)3-6-17(23)26-13-5-2-11-7-14(18(22)24)19(25)27-16(11)9-13/h1-9H,(H2,22,24)/b6-3+. The summed E-state index contributed by atoms with van der Waals surface area (Å²) in [6.07, 6.45) is 2.69. The molecule has 0 aliphatic rings. The molecule has 136 valence electrons. The van der Waals surface area contributed by atoms with E-state index in [1.165, 1.54) is 36.4 Å². The van der Waals surface area contributed by atoms with E-state index >= 15 is 0 Å². The number of hydrogen-bond acceptors (Lipinski definition) is 5. The summed E-state index contributed by atoms with van der Waals surface area (Å²) in [7, 11) is 0. The van der Waals surface area contributed by atoms with Crippen molar-refractivity contribution in [2.24, 2.45) is 5.73 Å². The third-order valence-electron chi connectivity index (χ3n) is 3.55. The van der Waals surface area contributed by atoms with Gasteiger partial charge in [0.1, 0.15) is 16.9 Å². The van der Waals surface area contributed by atoms with Crippen LogP contribution in [0, 0.1) is 0 Å². The summed E-state index contributed by atoms with van der Waals surface area (Å²) >= 11 is 11.8. The first kappa shape index (κ1) is 18.7. The molecule has 0 aliphatic heterocycles. The number of primary amides is 1. The minimum absolute atomic E-state index is 0.153. The quantitative estimate of drug-likeness (QED) is 0.309. The van der Waals surface area contributed by atoms with E-state index in [9.17, 15) is 14.4 Å². The highest BCUT2D eigenvalue weighted by molar-refractivity contribution is 6.35. The van der Waals surface area contributed by atoms with E-state index in [4.69, 9.17) is 38.1 Å². The lowest BCUT2D eigenvalue weighted by atomic mass is 10.2. The van der Waals surface area contributed by atoms with Crippen LogP contribution >= 0.6 is 23.2 Å². The van der Waals surface area contributed by atoms with E-state index < -0.39 is 17.5 Å². The van der Waals surface area contributed by atoms with E-state index in [0.29, 0.717) is 21.0 Å². The zero-order valence-electron chi connectivity index (χ0n) is 13.6. The Bertz CT molecular complexity index is 1150. The molecule has 1 amide bonds. The fourth-order valence-electron chi connectivity index (χ4n) is 2.27. The lowest BCUT2D eigenvalue weighted by Crippen LogP contribution is -2.20. The molecule has 0 radical (unpaired) electrons. The van der Waals surface area contributed by atoms with Gasteiger partial charge in [-0.15, -0.1) is 0 Å². The number of carbonyl (C=O) groups excluding carboxylic acids is 2. The molecule has 2 N–H and O–H groups in total. The largest absolute Gasteiger partial charge is 0.423 e. The van der Waals surface area contributed by atoms with E-state index in [2.05, 4.69) is 0 Å². The van der Waals surface area contributed by atoms with Gasteiger partial charge in [-0.3, -0.25) is 4.79 Å². The number of rotatable bonds is 4. The van der Waals surface area contributed by atoms with Gasteiger partial charge in [0, 0.05) is 27.6 Å². The van der Waals surface area contributed by atoms with Crippen LogP contribution in [-0.4, -0.2) is 11.9 Å². The summed E-state index contributed by atoms with van der Waals surface area (Å²) < 4.78 is 10.2. The molecule has 27 heavy (non-hydrogen) atoms. The summed E-state index contributed by atoms with van der Waals surface area (Å²) in [4.78, 5) is 34.9. The molecule has 0 saturated carbocycles. The van der Waals surface area contributed by atoms with E-state index in [1.54, 1.807) is 18.2 Å². The highest BCUT2D eigenvalue weighted by atomic mass is 35.5. The molecule has 0 atom stereocenters. The predicted molar refractivity (Wildman–Crippen MR) is 102 cm³/mol. The minimum Gasteiger partial charge on any atom is -0.423 e. The van der Waals surface area contributed by atoms with Crippen molar-refractivity contribution in [2.75, 3.05) is 0 Å². The van der Waals surface area contributed by atoms with Gasteiger partial charge in [-0.1, -0.05) is 29.3 Å². The number of carbonyl (C=O) groups is 2. The van der Waals surface area contributed by atoms with Crippen molar-refractivity contribution in [2.45, 2.75) is 0 Å². The van der Waals surface area contributed by atoms with Crippen molar-refractivity contribution in [3.63, 3.8) is 0 Å². The number of halogens is 2. The van der Waals surface area contributed by atoms with Crippen LogP contribution in [0.5, 0.6) is 5.75 Å². The van der Waals surface area contributed by atoms with Crippen LogP contribution in [0.3, 0.4) is 0 Å². The van der Waals surface area contributed by atoms with Gasteiger partial charge in [-0.2, -0.15) is 0 Å². The number of benzene rings is 2. The van der Waals surface area contributed by atoms with Gasteiger partial charge in [-0.25, -0.2) is 9.59 Å². The molecule has 0 unspecified atom stereocenters. The Morgan fingerprint density at radius 2 is 1.85 bits per heavy atom. The van der Waals surface area contributed by atoms with Crippen molar-refractivity contribution in [3.8, 4) is 5.75 Å². The second kappa shape index (κ2) is 7.65. The SMILES string of the molecule is NC(=O)c1cc2ccc(OC(=O)/C=C/c3ccc(Cl)cc3Cl)cc2oc1=O. The van der Waals surface area contributed by atoms with Gasteiger partial charge in [0.05, 0.1) is 0 Å². The first-order chi connectivity index (χ1) is 12.8. The molecule has 0 spiro atoms. The van der Waals surface area contributed by atoms with Crippen molar-refractivity contribution >= 4 is 52.1 Å². The summed E-state index contributed by atoms with van der Waals surface area (Å²) in [6, 6.07) is 10.6. The predicted octanol–water partition coefficient (Wildman–Crippen LogP) is 3.82. The van der Waals surface area contributed by atoms with Gasteiger partial charge >= 0.3 is 11.6 Å². The average molecular weight is 404 g/mol. The van der Waals surface area contributed by atoms with Crippen molar-refractivity contribution in [1.29, 1.82) is 0 Å². The number of ether oxygens (including phenoxy) is 1. The lowest BCUT2D eigenvalue weighted by molar-refractivity contribution is -0.128. The fraction of sp³-hybridized carbons (Fsp3) is 0. The number of hydrogen-bond donors (Lipinski definition) is 1. The van der Waals surface area contributed by atoms with Gasteiger partial charge in [0.2, 0.25) is 0 Å². The molecule has 0 bridgehead atoms. The lowest BCUT2D eigenvalue weighted by Gasteiger charge is -2.04. The van der Waals surface area contributed by atoms with Gasteiger partial charge in [0.15, 0.2) is 0 Å². The molecule has 3 aromatic rings. The zero-order valence-corrected chi connectivity index (χ0v) is 15.1. The summed E-state index contributed by atoms with van der Waals surface area (Å²) in [5.41, 5.74) is 4.74. The van der Waals surface area contributed by atoms with Gasteiger partial charge < -0.3 is 14.9 Å². The molecule has 0 saturated heterocycles. The van der Waals surface area contributed by atoms with Crippen LogP contribution in [-0.2, 0) is 4.79 Å². The molecule has 0 aliphatic carbocycles. The number of esters is 1. The third kappa shape index (κ3) is 4.36. The first-order valence-corrected chi connectivity index (χ1v) is 8.32. The summed E-state index contributed by atoms with van der Waals surface area (Å²) in [5.74, 6) is -1.38. The molecule has 0 fully saturated rings. The Kier molecular flexibility index (Phi) is 5.30. The van der Waals surface area contributed by atoms with Crippen LogP contribution in [0.2, 0.25) is 10.0 Å². The Morgan fingerprint density at radius 1 is 1.07 bits per heavy atom. The number of nitrogens with two attached hydrogens (primary N) is 1. The zero-order chi connectivity index (χ0) is 19.6. The Morgan fingerprint density at radius 3 is 2.56 bits per heavy atom. The van der Waals surface area contributed by atoms with Crippen LogP contribution < -0.4 is 16.1 Å². The molecule has 3 rings (SSSR count). The van der Waals surface area contributed by atoms with Crippen molar-refractivity contribution < 1.29 is 18.7 Å². The van der Waals surface area contributed by atoms with Crippen LogP contribution in [0.1, 0.15) is 15.9 Å². The number of amides is 1. The van der Waals surface area contributed by atoms with Crippen LogP contribution in [0.25, 0.3) is 17.0 Å². The Hall–Kier alpha value is -3.09. The Labute approximate surface area is 162 Å². The van der Waals surface area contributed by atoms with Crippen LogP contribution in [0.15, 0.2) is 57.8 Å². The molecule has 2 aromatic carbocycles. The fourth-order valence-corrected chi connectivity index (χ4v) is 2.74. The third-order valence-corrected chi connectivity index (χ3v) is 4.12. The maximum Gasteiger partial charge on any atom is 0.349 e. The highest BCUT2D eigenvalue weighted by Crippen LogP contribution is 2.23. The van der Waals surface area contributed by atoms with Gasteiger partial charge in [-0.05, 0) is 42.0 Å². The number of fused-ring (bicyclic) bond motifs is 1. The highest BCUT2D eigenvalue weighted by Gasteiger charge is 2.11. The monoisotopic (exact) mass is 403 g/mol. The minimum atomic E-state index is -0.882. The molecule has 1 aromatic heterocycles. The molecule has 1 heterocycles. The molecule has 8 heteroatoms. The van der Waals surface area contributed by atoms with E-state index in [1.807, 2.05) is 0 Å². The molecule has 6 nitrogen and oxygen atoms in total. The normalized spacial score (nSPS) is 11.0. The Balaban J connectivity index is 1.80. The molecular weight excluding hydrogens is 393 g/mol. The maximum atomic E-state index is 12.0. The topological polar surface area (TPSA) is 99.6 Å². The summed E-state index contributed by atoms with van der Waals surface area (Å²) in [5, 5.41) is 1.34. The average Bonchev–Trinajstić information content (AvgIpc) is 2.60. The van der Waals surface area contributed by atoms with Crippen molar-refractivity contribution in [3.05, 3.63) is 80.1 Å². The maximum absolute atomic E-state index is 12.0. The van der Waals surface area contributed by atoms with Crippen LogP contribution in [0.4, 0.5) is 0 Å². The summed E-state index contributed by atoms with van der Waals surface area (Å²) in [6.45, 7) is 0. The van der Waals surface area contributed by atoms with E-state index in [-0.39, 0.29) is 16.9 Å². The van der Waals surface area contributed by atoms with Gasteiger partial charge in [0.25, 0.3) is 5.91 Å². The second-order valence-electron chi connectivity index (χ2n) is 5.43. The first-order valence-electron chi connectivity index (χ1n) is 7.56. The van der Waals surface area contributed by atoms with Crippen molar-refractivity contribution in [1.82, 2.24) is 0 Å². The van der Waals surface area contributed by atoms with E-state index in [0.717, 1.165) is 0 Å². The molecular formula is C19H11Cl2NO5. The smallest absolute Gasteiger partial charge is 0.349 e. The second-order valence-corrected chi connectivity index (χ2v) is 6.28.